The molecule has 0 spiro atoms. The summed E-state index contributed by atoms with van der Waals surface area (Å²) in [5.74, 6) is -0.492. The smallest absolute Gasteiger partial charge is 0.316 e. The van der Waals surface area contributed by atoms with Gasteiger partial charge in [-0.05, 0) is 37.1 Å². The molecule has 0 unspecified atom stereocenters. The van der Waals surface area contributed by atoms with Crippen LogP contribution in [0.1, 0.15) is 19.3 Å². The van der Waals surface area contributed by atoms with E-state index in [-0.39, 0.29) is 23.2 Å². The van der Waals surface area contributed by atoms with Crippen LogP contribution in [0.2, 0.25) is 5.02 Å². The van der Waals surface area contributed by atoms with E-state index in [0.29, 0.717) is 23.6 Å². The molecule has 0 aliphatic heterocycles. The summed E-state index contributed by atoms with van der Waals surface area (Å²) in [6.07, 6.45) is 1.27. The summed E-state index contributed by atoms with van der Waals surface area (Å²) in [7, 11) is 0. The molecule has 0 saturated heterocycles. The number of benzene rings is 1. The second kappa shape index (κ2) is 8.19. The van der Waals surface area contributed by atoms with Crippen LogP contribution in [0.5, 0.6) is 0 Å². The number of carbonyl (C=O) groups excluding carboxylic acids is 3. The second-order valence-electron chi connectivity index (χ2n) is 4.88. The van der Waals surface area contributed by atoms with Crippen LogP contribution in [0.25, 0.3) is 0 Å². The van der Waals surface area contributed by atoms with E-state index in [1.807, 2.05) is 0 Å². The molecule has 1 aromatic rings. The lowest BCUT2D eigenvalue weighted by atomic mass is 10.3. The zero-order valence-corrected chi connectivity index (χ0v) is 13.4. The van der Waals surface area contributed by atoms with Crippen molar-refractivity contribution in [2.24, 2.45) is 0 Å². The van der Waals surface area contributed by atoms with Crippen molar-refractivity contribution in [2.75, 3.05) is 16.8 Å². The number of amides is 1. The third-order valence-corrected chi connectivity index (χ3v) is 4.26. The number of nitrogens with one attached hydrogen (secondary N) is 1. The third-order valence-electron chi connectivity index (χ3n) is 3.10. The molecule has 0 aromatic heterocycles. The first kappa shape index (κ1) is 16.8. The van der Waals surface area contributed by atoms with Gasteiger partial charge in [-0.1, -0.05) is 11.6 Å². The minimum atomic E-state index is -0.587. The first-order valence-corrected chi connectivity index (χ1v) is 8.43. The Labute approximate surface area is 137 Å². The number of anilines is 1. The number of carbonyl (C=O) groups is 3. The summed E-state index contributed by atoms with van der Waals surface area (Å²) in [5, 5.41) is 3.29. The average molecular weight is 342 g/mol. The van der Waals surface area contributed by atoms with Crippen molar-refractivity contribution in [1.29, 1.82) is 0 Å². The molecular formula is C15H16ClNO4S. The Bertz CT molecular complexity index is 561. The van der Waals surface area contributed by atoms with E-state index >= 15 is 0 Å². The number of hydrogen-bond acceptors (Lipinski definition) is 5. The zero-order valence-electron chi connectivity index (χ0n) is 11.8. The first-order chi connectivity index (χ1) is 10.5. The molecule has 5 nitrogen and oxygen atoms in total. The largest absolute Gasteiger partial charge is 0.454 e. The van der Waals surface area contributed by atoms with Crippen molar-refractivity contribution in [2.45, 2.75) is 25.4 Å². The predicted molar refractivity (Wildman–Crippen MR) is 86.1 cm³/mol. The third kappa shape index (κ3) is 5.35. The maximum Gasteiger partial charge on any atom is 0.316 e. The molecule has 1 aliphatic carbocycles. The van der Waals surface area contributed by atoms with Gasteiger partial charge in [-0.3, -0.25) is 14.4 Å². The number of Topliss-reactive ketones (excluding diaryl/α,β-unsaturated/α-hetero) is 1. The number of halogens is 1. The van der Waals surface area contributed by atoms with Crippen LogP contribution in [0.3, 0.4) is 0 Å². The molecule has 22 heavy (non-hydrogen) atoms. The fraction of sp³-hybridized carbons (Fsp3) is 0.400. The summed E-state index contributed by atoms with van der Waals surface area (Å²) in [4.78, 5) is 34.6. The van der Waals surface area contributed by atoms with Gasteiger partial charge in [-0.25, -0.2) is 0 Å². The highest BCUT2D eigenvalue weighted by Crippen LogP contribution is 2.18. The standard InChI is InChI=1S/C15H16ClNO4S/c16-10-4-6-11(7-5-10)17-14(19)8-22-9-15(20)21-13-3-1-2-12(13)18/h4-7,13H,1-3,8-9H2,(H,17,19)/t13-/m0/s1. The second-order valence-corrected chi connectivity index (χ2v) is 6.31. The Kier molecular flexibility index (Phi) is 6.27. The quantitative estimate of drug-likeness (QED) is 0.805. The Morgan fingerprint density at radius 1 is 1.27 bits per heavy atom. The molecule has 1 N–H and O–H groups in total. The summed E-state index contributed by atoms with van der Waals surface area (Å²) in [5.41, 5.74) is 0.647. The molecule has 0 radical (unpaired) electrons. The Balaban J connectivity index is 1.65. The van der Waals surface area contributed by atoms with Gasteiger partial charge in [0.15, 0.2) is 11.9 Å². The minimum absolute atomic E-state index is 0.0150. The van der Waals surface area contributed by atoms with Gasteiger partial charge in [0, 0.05) is 17.1 Å². The summed E-state index contributed by atoms with van der Waals surface area (Å²) >= 11 is 6.91. The summed E-state index contributed by atoms with van der Waals surface area (Å²) < 4.78 is 5.08. The van der Waals surface area contributed by atoms with Gasteiger partial charge in [-0.15, -0.1) is 11.8 Å². The lowest BCUT2D eigenvalue weighted by Crippen LogP contribution is -2.23. The van der Waals surface area contributed by atoms with Crippen molar-refractivity contribution < 1.29 is 19.1 Å². The maximum atomic E-state index is 11.7. The highest BCUT2D eigenvalue weighted by Gasteiger charge is 2.27. The van der Waals surface area contributed by atoms with E-state index in [9.17, 15) is 14.4 Å². The lowest BCUT2D eigenvalue weighted by Gasteiger charge is -2.10. The van der Waals surface area contributed by atoms with Crippen molar-refractivity contribution >= 4 is 46.7 Å². The van der Waals surface area contributed by atoms with Crippen LogP contribution in [-0.2, 0) is 19.1 Å². The topological polar surface area (TPSA) is 72.5 Å². The summed E-state index contributed by atoms with van der Waals surface area (Å²) in [6, 6.07) is 6.76. The van der Waals surface area contributed by atoms with Crippen molar-refractivity contribution in [3.8, 4) is 0 Å². The molecule has 1 amide bonds. The van der Waals surface area contributed by atoms with E-state index in [1.54, 1.807) is 24.3 Å². The molecule has 1 atom stereocenters. The number of hydrogen-bond donors (Lipinski definition) is 1. The molecule has 0 heterocycles. The molecule has 2 rings (SSSR count). The molecule has 7 heteroatoms. The number of esters is 1. The van der Waals surface area contributed by atoms with Crippen molar-refractivity contribution in [1.82, 2.24) is 0 Å². The molecule has 1 aromatic carbocycles. The van der Waals surface area contributed by atoms with Gasteiger partial charge in [0.05, 0.1) is 11.5 Å². The Morgan fingerprint density at radius 2 is 2.00 bits per heavy atom. The van der Waals surface area contributed by atoms with E-state index in [1.165, 1.54) is 0 Å². The van der Waals surface area contributed by atoms with Gasteiger partial charge in [0.2, 0.25) is 5.91 Å². The van der Waals surface area contributed by atoms with Crippen molar-refractivity contribution in [3.63, 3.8) is 0 Å². The highest BCUT2D eigenvalue weighted by atomic mass is 35.5. The molecule has 1 saturated carbocycles. The number of thioether (sulfide) groups is 1. The zero-order chi connectivity index (χ0) is 15.9. The van der Waals surface area contributed by atoms with E-state index in [0.717, 1.165) is 18.2 Å². The Morgan fingerprint density at radius 3 is 2.64 bits per heavy atom. The van der Waals surface area contributed by atoms with Gasteiger partial charge >= 0.3 is 5.97 Å². The van der Waals surface area contributed by atoms with E-state index in [2.05, 4.69) is 5.32 Å². The number of ether oxygens (including phenoxy) is 1. The van der Waals surface area contributed by atoms with E-state index < -0.39 is 12.1 Å². The van der Waals surface area contributed by atoms with Gasteiger partial charge in [-0.2, -0.15) is 0 Å². The molecule has 1 aliphatic rings. The average Bonchev–Trinajstić information content (AvgIpc) is 2.87. The maximum absolute atomic E-state index is 11.7. The number of rotatable bonds is 6. The summed E-state index contributed by atoms with van der Waals surface area (Å²) in [6.45, 7) is 0. The van der Waals surface area contributed by atoms with Crippen LogP contribution < -0.4 is 5.32 Å². The normalized spacial score (nSPS) is 17.3. The van der Waals surface area contributed by atoms with Crippen LogP contribution in [0, 0.1) is 0 Å². The Hall–Kier alpha value is -1.53. The van der Waals surface area contributed by atoms with Gasteiger partial charge < -0.3 is 10.1 Å². The molecule has 118 valence electrons. The first-order valence-electron chi connectivity index (χ1n) is 6.90. The predicted octanol–water partition coefficient (Wildman–Crippen LogP) is 2.68. The van der Waals surface area contributed by atoms with Crippen LogP contribution in [-0.4, -0.2) is 35.3 Å². The molecule has 0 bridgehead atoms. The monoisotopic (exact) mass is 341 g/mol. The highest BCUT2D eigenvalue weighted by molar-refractivity contribution is 8.00. The van der Waals surface area contributed by atoms with Crippen molar-refractivity contribution in [3.05, 3.63) is 29.3 Å². The fourth-order valence-corrected chi connectivity index (χ4v) is 2.78. The molecular weight excluding hydrogens is 326 g/mol. The van der Waals surface area contributed by atoms with E-state index in [4.69, 9.17) is 16.3 Å². The van der Waals surface area contributed by atoms with Crippen LogP contribution in [0.15, 0.2) is 24.3 Å². The SMILES string of the molecule is O=C(CSCC(=O)O[C@H]1CCCC1=O)Nc1ccc(Cl)cc1. The lowest BCUT2D eigenvalue weighted by molar-refractivity contribution is -0.150. The molecule has 1 fully saturated rings. The van der Waals surface area contributed by atoms with Gasteiger partial charge in [0.25, 0.3) is 0 Å². The number of ketones is 1. The van der Waals surface area contributed by atoms with Gasteiger partial charge in [0.1, 0.15) is 0 Å². The fourth-order valence-electron chi connectivity index (χ4n) is 2.06. The van der Waals surface area contributed by atoms with Crippen LogP contribution in [0.4, 0.5) is 5.69 Å². The van der Waals surface area contributed by atoms with Crippen LogP contribution >= 0.6 is 23.4 Å². The minimum Gasteiger partial charge on any atom is -0.454 e.